The van der Waals surface area contributed by atoms with Gasteiger partial charge in [0.1, 0.15) is 11.0 Å². The Hall–Kier alpha value is -1.52. The molecule has 0 saturated carbocycles. The monoisotopic (exact) mass is 393 g/mol. The lowest BCUT2D eigenvalue weighted by atomic mass is 9.98. The molecule has 1 saturated heterocycles. The number of rotatable bonds is 6. The molecule has 0 bridgehead atoms. The van der Waals surface area contributed by atoms with Gasteiger partial charge in [-0.25, -0.2) is 4.98 Å². The van der Waals surface area contributed by atoms with E-state index >= 15 is 0 Å². The van der Waals surface area contributed by atoms with Gasteiger partial charge in [0.05, 0.1) is 0 Å². The van der Waals surface area contributed by atoms with E-state index in [9.17, 15) is 4.79 Å². The van der Waals surface area contributed by atoms with Gasteiger partial charge in [0, 0.05) is 25.6 Å². The molecule has 0 N–H and O–H groups in total. The molecule has 1 fully saturated rings. The van der Waals surface area contributed by atoms with Crippen molar-refractivity contribution in [1.82, 2.24) is 14.5 Å². The van der Waals surface area contributed by atoms with Crippen molar-refractivity contribution in [3.8, 4) is 0 Å². The molecule has 4 nitrogen and oxygen atoms in total. The molecule has 3 rings (SSSR count). The van der Waals surface area contributed by atoms with E-state index in [0.29, 0.717) is 16.7 Å². The number of nitrogens with zero attached hydrogens (tertiary/aromatic N) is 3. The van der Waals surface area contributed by atoms with Crippen LogP contribution in [0.2, 0.25) is 10.3 Å². The molecule has 1 aliphatic rings. The van der Waals surface area contributed by atoms with E-state index in [4.69, 9.17) is 23.2 Å². The van der Waals surface area contributed by atoms with E-state index in [2.05, 4.69) is 22.0 Å². The van der Waals surface area contributed by atoms with E-state index < -0.39 is 0 Å². The van der Waals surface area contributed by atoms with Crippen molar-refractivity contribution in [3.63, 3.8) is 0 Å². The summed E-state index contributed by atoms with van der Waals surface area (Å²) in [6, 6.07) is 10.5. The van der Waals surface area contributed by atoms with Gasteiger partial charge < -0.3 is 9.47 Å². The summed E-state index contributed by atoms with van der Waals surface area (Å²) in [5.74, 6) is 1.07. The van der Waals surface area contributed by atoms with Crippen LogP contribution in [0.5, 0.6) is 0 Å². The second-order valence-corrected chi connectivity index (χ2v) is 7.62. The molecule has 1 aromatic carbocycles. The van der Waals surface area contributed by atoms with Crippen molar-refractivity contribution < 1.29 is 4.79 Å². The largest absolute Gasteiger partial charge is 0.340 e. The Bertz CT molecular complexity index is 745. The third kappa shape index (κ3) is 4.60. The molecule has 0 spiro atoms. The molecule has 0 radical (unpaired) electrons. The van der Waals surface area contributed by atoms with Crippen LogP contribution >= 0.6 is 23.2 Å². The molecule has 1 atom stereocenters. The second-order valence-electron chi connectivity index (χ2n) is 6.90. The predicted molar refractivity (Wildman–Crippen MR) is 106 cm³/mol. The summed E-state index contributed by atoms with van der Waals surface area (Å²) in [4.78, 5) is 19.1. The SMILES string of the molecule is Cc1nc(Cl)c(Cl)n1CCC1CCCCN1C(=O)CCc1ccccc1. The Balaban J connectivity index is 1.59. The van der Waals surface area contributed by atoms with Crippen LogP contribution in [0.3, 0.4) is 0 Å². The number of amides is 1. The number of hydrogen-bond donors (Lipinski definition) is 0. The van der Waals surface area contributed by atoms with Crippen LogP contribution in [0.15, 0.2) is 30.3 Å². The van der Waals surface area contributed by atoms with Gasteiger partial charge in [-0.3, -0.25) is 4.79 Å². The number of carbonyl (C=O) groups is 1. The van der Waals surface area contributed by atoms with Crippen molar-refractivity contribution in [2.45, 2.75) is 58.0 Å². The van der Waals surface area contributed by atoms with Crippen LogP contribution in [0.25, 0.3) is 0 Å². The van der Waals surface area contributed by atoms with Gasteiger partial charge in [0.15, 0.2) is 5.15 Å². The number of piperidine rings is 1. The average molecular weight is 394 g/mol. The van der Waals surface area contributed by atoms with Crippen LogP contribution in [0, 0.1) is 6.92 Å². The first-order valence-corrected chi connectivity index (χ1v) is 10.0. The number of carbonyl (C=O) groups excluding carboxylic acids is 1. The Kier molecular flexibility index (Phi) is 6.60. The number of imidazole rings is 1. The maximum atomic E-state index is 12.8. The van der Waals surface area contributed by atoms with E-state index in [1.54, 1.807) is 0 Å². The summed E-state index contributed by atoms with van der Waals surface area (Å²) in [6.45, 7) is 3.49. The molecule has 26 heavy (non-hydrogen) atoms. The second kappa shape index (κ2) is 8.92. The predicted octanol–water partition coefficient (Wildman–Crippen LogP) is 4.90. The highest BCUT2D eigenvalue weighted by atomic mass is 35.5. The molecule has 1 unspecified atom stereocenters. The normalized spacial score (nSPS) is 17.5. The third-order valence-corrected chi connectivity index (χ3v) is 5.90. The quantitative estimate of drug-likeness (QED) is 0.699. The fourth-order valence-electron chi connectivity index (χ4n) is 3.71. The van der Waals surface area contributed by atoms with Gasteiger partial charge >= 0.3 is 0 Å². The van der Waals surface area contributed by atoms with Crippen molar-refractivity contribution >= 4 is 29.1 Å². The summed E-state index contributed by atoms with van der Waals surface area (Å²) >= 11 is 12.2. The molecule has 140 valence electrons. The molecule has 2 heterocycles. The van der Waals surface area contributed by atoms with E-state index in [0.717, 1.165) is 44.6 Å². The minimum atomic E-state index is 0.255. The van der Waals surface area contributed by atoms with E-state index in [1.165, 1.54) is 12.0 Å². The maximum absolute atomic E-state index is 12.8. The number of halogens is 2. The highest BCUT2D eigenvalue weighted by Crippen LogP contribution is 2.26. The molecule has 2 aromatic rings. The Morgan fingerprint density at radius 2 is 2.00 bits per heavy atom. The zero-order chi connectivity index (χ0) is 18.5. The van der Waals surface area contributed by atoms with Gasteiger partial charge in [-0.1, -0.05) is 53.5 Å². The lowest BCUT2D eigenvalue weighted by Crippen LogP contribution is -2.44. The Labute approximate surface area is 165 Å². The van der Waals surface area contributed by atoms with Crippen molar-refractivity contribution in [1.29, 1.82) is 0 Å². The molecular formula is C20H25Cl2N3O. The first-order chi connectivity index (χ1) is 12.6. The highest BCUT2D eigenvalue weighted by Gasteiger charge is 2.26. The number of aromatic nitrogens is 2. The first kappa shape index (κ1) is 19.2. The van der Waals surface area contributed by atoms with Gasteiger partial charge in [-0.05, 0) is 44.6 Å². The van der Waals surface area contributed by atoms with Crippen LogP contribution in [0.1, 0.15) is 43.5 Å². The van der Waals surface area contributed by atoms with Gasteiger partial charge in [0.25, 0.3) is 0 Å². The highest BCUT2D eigenvalue weighted by molar-refractivity contribution is 6.40. The number of hydrogen-bond acceptors (Lipinski definition) is 2. The number of aryl methyl sites for hydroxylation is 2. The first-order valence-electron chi connectivity index (χ1n) is 9.28. The summed E-state index contributed by atoms with van der Waals surface area (Å²) in [5, 5.41) is 0.838. The Morgan fingerprint density at radius 1 is 1.23 bits per heavy atom. The number of benzene rings is 1. The summed E-state index contributed by atoms with van der Waals surface area (Å²) in [5.41, 5.74) is 1.21. The lowest BCUT2D eigenvalue weighted by molar-refractivity contribution is -0.135. The van der Waals surface area contributed by atoms with Gasteiger partial charge in [-0.15, -0.1) is 0 Å². The molecule has 6 heteroatoms. The molecule has 0 aliphatic carbocycles. The van der Waals surface area contributed by atoms with Crippen molar-refractivity contribution in [2.75, 3.05) is 6.54 Å². The summed E-state index contributed by atoms with van der Waals surface area (Å²) < 4.78 is 1.94. The zero-order valence-corrected chi connectivity index (χ0v) is 16.6. The average Bonchev–Trinajstić information content (AvgIpc) is 2.91. The van der Waals surface area contributed by atoms with Gasteiger partial charge in [-0.2, -0.15) is 0 Å². The van der Waals surface area contributed by atoms with Crippen molar-refractivity contribution in [3.05, 3.63) is 52.0 Å². The maximum Gasteiger partial charge on any atom is 0.223 e. The third-order valence-electron chi connectivity index (χ3n) is 5.16. The van der Waals surface area contributed by atoms with E-state index in [1.807, 2.05) is 29.7 Å². The molecule has 1 aliphatic heterocycles. The fraction of sp³-hybridized carbons (Fsp3) is 0.500. The minimum absolute atomic E-state index is 0.255. The standard InChI is InChI=1S/C20H25Cl2N3O/c1-15-23-19(21)20(22)24(15)14-12-17-9-5-6-13-25(17)18(26)11-10-16-7-3-2-4-8-16/h2-4,7-8,17H,5-6,9-14H2,1H3. The van der Waals surface area contributed by atoms with Crippen molar-refractivity contribution in [2.24, 2.45) is 0 Å². The van der Waals surface area contributed by atoms with Gasteiger partial charge in [0.2, 0.25) is 5.91 Å². The van der Waals surface area contributed by atoms with E-state index in [-0.39, 0.29) is 11.9 Å². The number of likely N-dealkylation sites (tertiary alicyclic amines) is 1. The molecular weight excluding hydrogens is 369 g/mol. The minimum Gasteiger partial charge on any atom is -0.340 e. The van der Waals surface area contributed by atoms with Crippen LogP contribution in [-0.4, -0.2) is 32.9 Å². The molecule has 1 aromatic heterocycles. The summed E-state index contributed by atoms with van der Waals surface area (Å²) in [6.07, 6.45) is 5.55. The van der Waals surface area contributed by atoms with Crippen LogP contribution in [0.4, 0.5) is 0 Å². The summed E-state index contributed by atoms with van der Waals surface area (Å²) in [7, 11) is 0. The topological polar surface area (TPSA) is 38.1 Å². The smallest absolute Gasteiger partial charge is 0.223 e. The lowest BCUT2D eigenvalue weighted by Gasteiger charge is -2.36. The van der Waals surface area contributed by atoms with Crippen LogP contribution in [-0.2, 0) is 17.8 Å². The zero-order valence-electron chi connectivity index (χ0n) is 15.1. The molecule has 1 amide bonds. The Morgan fingerprint density at radius 3 is 2.69 bits per heavy atom. The van der Waals surface area contributed by atoms with Crippen LogP contribution < -0.4 is 0 Å². The fourth-order valence-corrected chi connectivity index (χ4v) is 4.18.